The first-order valence-corrected chi connectivity index (χ1v) is 12.3. The van der Waals surface area contributed by atoms with E-state index in [4.69, 9.17) is 0 Å². The van der Waals surface area contributed by atoms with Gasteiger partial charge in [0, 0.05) is 51.8 Å². The van der Waals surface area contributed by atoms with Crippen LogP contribution in [0.4, 0.5) is 13.2 Å². The Morgan fingerprint density at radius 1 is 1.22 bits per heavy atom. The van der Waals surface area contributed by atoms with Crippen molar-refractivity contribution in [1.29, 1.82) is 0 Å². The lowest BCUT2D eigenvalue weighted by Crippen LogP contribution is -2.50. The fourth-order valence-electron chi connectivity index (χ4n) is 3.77. The molecule has 32 heavy (non-hydrogen) atoms. The maximum atomic E-state index is 13.2. The standard InChI is InChI=1S/C18H22BrF3N6O3S/c1-25-11-13(10-23-25)32(30,31)27-8-6-26(7-9-27)14(29)4-5-28-16(12-2-3-12)15(19)17(24-28)18(20,21)22/h10-12H,2-9H2,1H3. The molecule has 0 aromatic carbocycles. The summed E-state index contributed by atoms with van der Waals surface area (Å²) in [5.74, 6) is -0.227. The number of rotatable bonds is 6. The van der Waals surface area contributed by atoms with Gasteiger partial charge >= 0.3 is 6.18 Å². The highest BCUT2D eigenvalue weighted by Gasteiger charge is 2.42. The molecule has 2 aromatic rings. The predicted molar refractivity (Wildman–Crippen MR) is 110 cm³/mol. The van der Waals surface area contributed by atoms with Gasteiger partial charge in [0.1, 0.15) is 4.90 Å². The lowest BCUT2D eigenvalue weighted by Gasteiger charge is -2.33. The Hall–Kier alpha value is -1.93. The van der Waals surface area contributed by atoms with E-state index in [1.807, 2.05) is 0 Å². The van der Waals surface area contributed by atoms with Crippen molar-refractivity contribution in [2.24, 2.45) is 7.05 Å². The van der Waals surface area contributed by atoms with E-state index in [2.05, 4.69) is 26.1 Å². The average molecular weight is 539 g/mol. The molecule has 0 N–H and O–H groups in total. The van der Waals surface area contributed by atoms with Crippen molar-refractivity contribution in [1.82, 2.24) is 28.8 Å². The Bertz CT molecular complexity index is 1120. The van der Waals surface area contributed by atoms with Gasteiger partial charge in [-0.05, 0) is 28.8 Å². The van der Waals surface area contributed by atoms with Crippen LogP contribution in [0.15, 0.2) is 21.8 Å². The molecule has 0 radical (unpaired) electrons. The summed E-state index contributed by atoms with van der Waals surface area (Å²) in [6.07, 6.45) is -0.302. The van der Waals surface area contributed by atoms with E-state index >= 15 is 0 Å². The molecule has 1 saturated carbocycles. The monoisotopic (exact) mass is 538 g/mol. The van der Waals surface area contributed by atoms with Gasteiger partial charge in [0.25, 0.3) is 0 Å². The van der Waals surface area contributed by atoms with Crippen LogP contribution in [0.25, 0.3) is 0 Å². The van der Waals surface area contributed by atoms with E-state index in [9.17, 15) is 26.4 Å². The minimum Gasteiger partial charge on any atom is -0.340 e. The van der Waals surface area contributed by atoms with E-state index in [0.717, 1.165) is 12.8 Å². The van der Waals surface area contributed by atoms with Crippen LogP contribution in [0, 0.1) is 0 Å². The number of nitrogens with zero attached hydrogens (tertiary/aromatic N) is 6. The Balaban J connectivity index is 1.37. The fraction of sp³-hybridized carbons (Fsp3) is 0.611. The highest BCUT2D eigenvalue weighted by molar-refractivity contribution is 9.10. The maximum absolute atomic E-state index is 13.2. The van der Waals surface area contributed by atoms with Crippen molar-refractivity contribution < 1.29 is 26.4 Å². The van der Waals surface area contributed by atoms with Gasteiger partial charge in [-0.15, -0.1) is 0 Å². The van der Waals surface area contributed by atoms with Gasteiger partial charge in [0.2, 0.25) is 15.9 Å². The van der Waals surface area contributed by atoms with Gasteiger partial charge in [-0.25, -0.2) is 8.42 Å². The Morgan fingerprint density at radius 3 is 2.41 bits per heavy atom. The molecule has 1 aliphatic heterocycles. The van der Waals surface area contributed by atoms with E-state index in [1.54, 1.807) is 7.05 Å². The van der Waals surface area contributed by atoms with Crippen LogP contribution in [0.5, 0.6) is 0 Å². The van der Waals surface area contributed by atoms with Crippen LogP contribution < -0.4 is 0 Å². The lowest BCUT2D eigenvalue weighted by molar-refractivity contribution is -0.142. The zero-order valence-electron chi connectivity index (χ0n) is 17.2. The third-order valence-electron chi connectivity index (χ3n) is 5.61. The minimum atomic E-state index is -4.58. The van der Waals surface area contributed by atoms with Crippen LogP contribution in [-0.2, 0) is 34.6 Å². The summed E-state index contributed by atoms with van der Waals surface area (Å²) in [7, 11) is -2.06. The zero-order valence-corrected chi connectivity index (χ0v) is 19.6. The number of hydrogen-bond donors (Lipinski definition) is 0. The normalized spacial score (nSPS) is 18.3. The second-order valence-corrected chi connectivity index (χ2v) is 10.7. The van der Waals surface area contributed by atoms with Crippen molar-refractivity contribution in [2.45, 2.75) is 42.8 Å². The summed E-state index contributed by atoms with van der Waals surface area (Å²) in [6, 6.07) is 0. The molecule has 1 amide bonds. The number of hydrogen-bond acceptors (Lipinski definition) is 5. The molecular weight excluding hydrogens is 517 g/mol. The smallest absolute Gasteiger partial charge is 0.340 e. The molecule has 176 valence electrons. The van der Waals surface area contributed by atoms with Gasteiger partial charge in [-0.2, -0.15) is 27.7 Å². The van der Waals surface area contributed by atoms with E-state index in [-0.39, 0.29) is 60.3 Å². The highest BCUT2D eigenvalue weighted by atomic mass is 79.9. The predicted octanol–water partition coefficient (Wildman–Crippen LogP) is 2.20. The Kier molecular flexibility index (Phi) is 6.13. The van der Waals surface area contributed by atoms with Crippen LogP contribution in [0.1, 0.15) is 36.6 Å². The van der Waals surface area contributed by atoms with Crippen LogP contribution in [-0.4, -0.2) is 69.3 Å². The molecule has 0 unspecified atom stereocenters. The topological polar surface area (TPSA) is 93.3 Å². The number of amides is 1. The van der Waals surface area contributed by atoms with Crippen molar-refractivity contribution in [3.63, 3.8) is 0 Å². The Labute approximate surface area is 191 Å². The molecule has 1 saturated heterocycles. The largest absolute Gasteiger partial charge is 0.436 e. The quantitative estimate of drug-likeness (QED) is 0.562. The third-order valence-corrected chi connectivity index (χ3v) is 8.25. The summed E-state index contributed by atoms with van der Waals surface area (Å²) < 4.78 is 69.0. The number of carbonyl (C=O) groups excluding carboxylic acids is 1. The summed E-state index contributed by atoms with van der Waals surface area (Å²) in [5.41, 5.74) is -0.487. The van der Waals surface area contributed by atoms with E-state index in [1.165, 1.54) is 31.0 Å². The fourth-order valence-corrected chi connectivity index (χ4v) is 6.01. The number of sulfonamides is 1. The van der Waals surface area contributed by atoms with Gasteiger partial charge in [-0.3, -0.25) is 14.2 Å². The first-order valence-electron chi connectivity index (χ1n) is 10.1. The van der Waals surface area contributed by atoms with Gasteiger partial charge in [0.15, 0.2) is 5.69 Å². The van der Waals surface area contributed by atoms with Crippen LogP contribution >= 0.6 is 15.9 Å². The number of aromatic nitrogens is 4. The molecule has 4 rings (SSSR count). The third kappa shape index (κ3) is 4.57. The molecule has 14 heteroatoms. The molecule has 2 fully saturated rings. The summed E-state index contributed by atoms with van der Waals surface area (Å²) in [5, 5.41) is 7.60. The average Bonchev–Trinajstić information content (AvgIpc) is 3.36. The number of aryl methyl sites for hydroxylation is 2. The zero-order chi connectivity index (χ0) is 23.3. The minimum absolute atomic E-state index is 0.0134. The van der Waals surface area contributed by atoms with Crippen molar-refractivity contribution in [3.8, 4) is 0 Å². The molecule has 9 nitrogen and oxygen atoms in total. The van der Waals surface area contributed by atoms with Crippen molar-refractivity contribution in [2.75, 3.05) is 26.2 Å². The molecular formula is C18H22BrF3N6O3S. The lowest BCUT2D eigenvalue weighted by atomic mass is 10.2. The first-order chi connectivity index (χ1) is 15.0. The van der Waals surface area contributed by atoms with E-state index in [0.29, 0.717) is 5.69 Å². The summed E-state index contributed by atoms with van der Waals surface area (Å²) in [6.45, 7) is 0.742. The molecule has 1 aliphatic carbocycles. The number of carbonyl (C=O) groups is 1. The Morgan fingerprint density at radius 2 is 1.88 bits per heavy atom. The van der Waals surface area contributed by atoms with Crippen molar-refractivity contribution in [3.05, 3.63) is 28.3 Å². The molecule has 3 heterocycles. The molecule has 2 aliphatic rings. The van der Waals surface area contributed by atoms with Gasteiger partial charge < -0.3 is 4.90 Å². The number of halogens is 4. The highest BCUT2D eigenvalue weighted by Crippen LogP contribution is 2.47. The number of alkyl halides is 3. The van der Waals surface area contributed by atoms with Gasteiger partial charge in [-0.1, -0.05) is 0 Å². The summed E-state index contributed by atoms with van der Waals surface area (Å²) in [4.78, 5) is 14.3. The van der Waals surface area contributed by atoms with Gasteiger partial charge in [0.05, 0.1) is 22.9 Å². The number of piperazine rings is 1. The molecule has 0 spiro atoms. The molecule has 0 bridgehead atoms. The molecule has 2 aromatic heterocycles. The van der Waals surface area contributed by atoms with Crippen molar-refractivity contribution >= 4 is 31.9 Å². The summed E-state index contributed by atoms with van der Waals surface area (Å²) >= 11 is 3.04. The van der Waals surface area contributed by atoms with Crippen LogP contribution in [0.3, 0.4) is 0 Å². The first kappa shape index (κ1) is 23.2. The maximum Gasteiger partial charge on any atom is 0.436 e. The second-order valence-electron chi connectivity index (χ2n) is 7.93. The van der Waals surface area contributed by atoms with E-state index < -0.39 is 21.9 Å². The second kappa shape index (κ2) is 8.45. The van der Waals surface area contributed by atoms with Crippen LogP contribution in [0.2, 0.25) is 0 Å². The SMILES string of the molecule is Cn1cc(S(=O)(=O)N2CCN(C(=O)CCn3nc(C(F)(F)F)c(Br)c3C3CC3)CC2)cn1. The molecule has 0 atom stereocenters.